The number of halogens is 2. The van der Waals surface area contributed by atoms with E-state index >= 15 is 0 Å². The van der Waals surface area contributed by atoms with Crippen molar-refractivity contribution in [3.63, 3.8) is 0 Å². The number of amides is 1. The first-order chi connectivity index (χ1) is 8.56. The van der Waals surface area contributed by atoms with E-state index in [-0.39, 0.29) is 24.4 Å². The molecule has 0 saturated heterocycles. The zero-order valence-corrected chi connectivity index (χ0v) is 12.7. The standard InChI is InChI=1S/C13H19ClN2O2.ClH/c1-10(9-15)16(2)13(17)7-8-18-12-6-4-3-5-11(12)14;/h3-6,10H,7-9,15H2,1-2H3;1H. The molecule has 0 saturated carbocycles. The van der Waals surface area contributed by atoms with Gasteiger partial charge in [0.1, 0.15) is 5.75 Å². The number of hydrogen-bond donors (Lipinski definition) is 1. The molecule has 4 nitrogen and oxygen atoms in total. The quantitative estimate of drug-likeness (QED) is 0.877. The molecule has 2 N–H and O–H groups in total. The number of hydrogen-bond acceptors (Lipinski definition) is 3. The molecule has 6 heteroatoms. The Morgan fingerprint density at radius 2 is 2.11 bits per heavy atom. The van der Waals surface area contributed by atoms with E-state index in [0.717, 1.165) is 0 Å². The van der Waals surface area contributed by atoms with E-state index in [0.29, 0.717) is 30.3 Å². The summed E-state index contributed by atoms with van der Waals surface area (Å²) in [6, 6.07) is 7.24. The van der Waals surface area contributed by atoms with Crippen LogP contribution in [-0.2, 0) is 4.79 Å². The van der Waals surface area contributed by atoms with Gasteiger partial charge in [-0.3, -0.25) is 4.79 Å². The van der Waals surface area contributed by atoms with Crippen LogP contribution >= 0.6 is 24.0 Å². The molecule has 0 fully saturated rings. The number of benzene rings is 1. The summed E-state index contributed by atoms with van der Waals surface area (Å²) in [7, 11) is 1.75. The maximum atomic E-state index is 11.8. The summed E-state index contributed by atoms with van der Waals surface area (Å²) in [4.78, 5) is 13.4. The Hall–Kier alpha value is -0.970. The van der Waals surface area contributed by atoms with Gasteiger partial charge in [0.05, 0.1) is 18.1 Å². The van der Waals surface area contributed by atoms with Crippen LogP contribution < -0.4 is 10.5 Å². The monoisotopic (exact) mass is 306 g/mol. The number of rotatable bonds is 6. The highest BCUT2D eigenvalue weighted by Crippen LogP contribution is 2.23. The average Bonchev–Trinajstić information content (AvgIpc) is 2.39. The van der Waals surface area contributed by atoms with Crippen molar-refractivity contribution in [1.29, 1.82) is 0 Å². The number of para-hydroxylation sites is 1. The summed E-state index contributed by atoms with van der Waals surface area (Å²) >= 11 is 5.94. The summed E-state index contributed by atoms with van der Waals surface area (Å²) in [5.41, 5.74) is 5.51. The first kappa shape index (κ1) is 18.0. The summed E-state index contributed by atoms with van der Waals surface area (Å²) in [6.07, 6.45) is 0.312. The van der Waals surface area contributed by atoms with E-state index in [1.165, 1.54) is 0 Å². The van der Waals surface area contributed by atoms with Crippen LogP contribution in [0.3, 0.4) is 0 Å². The molecule has 1 rings (SSSR count). The highest BCUT2D eigenvalue weighted by atomic mass is 35.5. The molecule has 1 amide bonds. The number of nitrogens with zero attached hydrogens (tertiary/aromatic N) is 1. The fraction of sp³-hybridized carbons (Fsp3) is 0.462. The zero-order valence-electron chi connectivity index (χ0n) is 11.1. The van der Waals surface area contributed by atoms with Gasteiger partial charge in [-0.1, -0.05) is 23.7 Å². The van der Waals surface area contributed by atoms with Crippen molar-refractivity contribution in [2.24, 2.45) is 5.73 Å². The minimum absolute atomic E-state index is 0. The van der Waals surface area contributed by atoms with Crippen LogP contribution in [0.25, 0.3) is 0 Å². The lowest BCUT2D eigenvalue weighted by atomic mass is 10.2. The highest BCUT2D eigenvalue weighted by Gasteiger charge is 2.14. The van der Waals surface area contributed by atoms with Gasteiger partial charge in [0.25, 0.3) is 0 Å². The lowest BCUT2D eigenvalue weighted by Crippen LogP contribution is -2.40. The Bertz CT molecular complexity index is 402. The van der Waals surface area contributed by atoms with E-state index in [4.69, 9.17) is 22.1 Å². The van der Waals surface area contributed by atoms with Crippen LogP contribution in [0.5, 0.6) is 5.75 Å². The SMILES string of the molecule is CC(CN)N(C)C(=O)CCOc1ccccc1Cl.Cl. The Morgan fingerprint density at radius 1 is 1.47 bits per heavy atom. The summed E-state index contributed by atoms with van der Waals surface area (Å²) < 4.78 is 5.46. The van der Waals surface area contributed by atoms with Crippen molar-refractivity contribution >= 4 is 29.9 Å². The molecule has 1 atom stereocenters. The lowest BCUT2D eigenvalue weighted by Gasteiger charge is -2.23. The predicted octanol–water partition coefficient (Wildman–Crippen LogP) is 2.34. The molecule has 0 aliphatic heterocycles. The molecular formula is C13H20Cl2N2O2. The van der Waals surface area contributed by atoms with Crippen LogP contribution in [0.15, 0.2) is 24.3 Å². The van der Waals surface area contributed by atoms with Crippen LogP contribution in [-0.4, -0.2) is 37.0 Å². The van der Waals surface area contributed by atoms with E-state index in [1.807, 2.05) is 19.1 Å². The molecular weight excluding hydrogens is 287 g/mol. The third-order valence-corrected chi connectivity index (χ3v) is 3.12. The Labute approximate surface area is 125 Å². The largest absolute Gasteiger partial charge is 0.491 e. The average molecular weight is 307 g/mol. The smallest absolute Gasteiger partial charge is 0.226 e. The molecule has 108 valence electrons. The van der Waals surface area contributed by atoms with Crippen LogP contribution in [0.2, 0.25) is 5.02 Å². The van der Waals surface area contributed by atoms with Gasteiger partial charge in [0, 0.05) is 19.6 Å². The van der Waals surface area contributed by atoms with Gasteiger partial charge in [0.15, 0.2) is 0 Å². The molecule has 19 heavy (non-hydrogen) atoms. The van der Waals surface area contributed by atoms with Crippen LogP contribution in [0.1, 0.15) is 13.3 Å². The normalized spacial score (nSPS) is 11.4. The molecule has 0 radical (unpaired) electrons. The number of nitrogens with two attached hydrogens (primary N) is 1. The Kier molecular flexibility index (Phi) is 8.56. The number of carbonyl (C=O) groups is 1. The fourth-order valence-corrected chi connectivity index (χ4v) is 1.58. The van der Waals surface area contributed by atoms with Gasteiger partial charge in [-0.2, -0.15) is 0 Å². The number of likely N-dealkylation sites (N-methyl/N-ethyl adjacent to an activating group) is 1. The zero-order chi connectivity index (χ0) is 13.5. The van der Waals surface area contributed by atoms with E-state index < -0.39 is 0 Å². The van der Waals surface area contributed by atoms with Gasteiger partial charge < -0.3 is 15.4 Å². The Morgan fingerprint density at radius 3 is 2.68 bits per heavy atom. The molecule has 0 aliphatic carbocycles. The number of carbonyl (C=O) groups excluding carboxylic acids is 1. The van der Waals surface area contributed by atoms with Gasteiger partial charge >= 0.3 is 0 Å². The second kappa shape index (κ2) is 9.02. The predicted molar refractivity (Wildman–Crippen MR) is 80.1 cm³/mol. The molecule has 0 bridgehead atoms. The molecule has 1 aromatic carbocycles. The van der Waals surface area contributed by atoms with E-state index in [9.17, 15) is 4.79 Å². The van der Waals surface area contributed by atoms with E-state index in [1.54, 1.807) is 24.1 Å². The van der Waals surface area contributed by atoms with E-state index in [2.05, 4.69) is 0 Å². The molecule has 0 aromatic heterocycles. The molecule has 0 heterocycles. The third kappa shape index (κ3) is 5.68. The summed E-state index contributed by atoms with van der Waals surface area (Å²) in [6.45, 7) is 2.67. The molecule has 1 unspecified atom stereocenters. The van der Waals surface area contributed by atoms with Gasteiger partial charge in [-0.05, 0) is 19.1 Å². The van der Waals surface area contributed by atoms with Crippen molar-refractivity contribution in [1.82, 2.24) is 4.90 Å². The van der Waals surface area contributed by atoms with Crippen molar-refractivity contribution < 1.29 is 9.53 Å². The van der Waals surface area contributed by atoms with Crippen molar-refractivity contribution in [3.05, 3.63) is 29.3 Å². The van der Waals surface area contributed by atoms with Crippen LogP contribution in [0, 0.1) is 0 Å². The molecule has 0 spiro atoms. The first-order valence-corrected chi connectivity index (χ1v) is 6.27. The summed E-state index contributed by atoms with van der Waals surface area (Å²) in [5, 5.41) is 0.550. The minimum Gasteiger partial charge on any atom is -0.491 e. The van der Waals surface area contributed by atoms with Crippen molar-refractivity contribution in [2.75, 3.05) is 20.2 Å². The molecule has 0 aliphatic rings. The van der Waals surface area contributed by atoms with Crippen molar-refractivity contribution in [3.8, 4) is 5.75 Å². The third-order valence-electron chi connectivity index (χ3n) is 2.81. The van der Waals surface area contributed by atoms with Gasteiger partial charge in [0.2, 0.25) is 5.91 Å². The fourth-order valence-electron chi connectivity index (χ4n) is 1.39. The maximum Gasteiger partial charge on any atom is 0.226 e. The van der Waals surface area contributed by atoms with Crippen LogP contribution in [0.4, 0.5) is 0 Å². The number of ether oxygens (including phenoxy) is 1. The second-order valence-corrected chi connectivity index (χ2v) is 4.53. The van der Waals surface area contributed by atoms with Gasteiger partial charge in [-0.25, -0.2) is 0 Å². The topological polar surface area (TPSA) is 55.6 Å². The van der Waals surface area contributed by atoms with Crippen molar-refractivity contribution in [2.45, 2.75) is 19.4 Å². The maximum absolute atomic E-state index is 11.8. The summed E-state index contributed by atoms with van der Waals surface area (Å²) in [5.74, 6) is 0.612. The lowest BCUT2D eigenvalue weighted by molar-refractivity contribution is -0.132. The first-order valence-electron chi connectivity index (χ1n) is 5.89. The molecule has 1 aromatic rings. The Balaban J connectivity index is 0.00000324. The minimum atomic E-state index is 0. The second-order valence-electron chi connectivity index (χ2n) is 4.12. The van der Waals surface area contributed by atoms with Gasteiger partial charge in [-0.15, -0.1) is 12.4 Å². The highest BCUT2D eigenvalue weighted by molar-refractivity contribution is 6.32.